The first kappa shape index (κ1) is 6.86. The molecule has 0 radical (unpaired) electrons. The van der Waals surface area contributed by atoms with Crippen LogP contribution in [0.4, 0.5) is 0 Å². The van der Waals surface area contributed by atoms with Crippen molar-refractivity contribution in [1.82, 2.24) is 9.97 Å². The fourth-order valence-electron chi connectivity index (χ4n) is 0.632. The summed E-state index contributed by atoms with van der Waals surface area (Å²) in [7, 11) is 0. The molecule has 1 heterocycles. The number of hydrogen-bond acceptors (Lipinski definition) is 3. The third-order valence-electron chi connectivity index (χ3n) is 1.34. The molecule has 1 atom stereocenters. The van der Waals surface area contributed by atoms with Gasteiger partial charge in [-0.3, -0.25) is 4.99 Å². The van der Waals surface area contributed by atoms with Gasteiger partial charge in [-0.25, -0.2) is 9.97 Å². The molecule has 10 heavy (non-hydrogen) atoms. The van der Waals surface area contributed by atoms with Crippen molar-refractivity contribution in [3.63, 3.8) is 0 Å². The molecule has 1 rings (SSSR count). The lowest BCUT2D eigenvalue weighted by molar-refractivity contribution is 0.811. The summed E-state index contributed by atoms with van der Waals surface area (Å²) in [5.74, 6) is 0. The van der Waals surface area contributed by atoms with Crippen LogP contribution < -0.4 is 0 Å². The van der Waals surface area contributed by atoms with Crippen LogP contribution in [0, 0.1) is 0 Å². The van der Waals surface area contributed by atoms with E-state index in [1.165, 1.54) is 6.33 Å². The predicted octanol–water partition coefficient (Wildman–Crippen LogP) is 1.24. The van der Waals surface area contributed by atoms with E-state index in [9.17, 15) is 0 Å². The van der Waals surface area contributed by atoms with E-state index >= 15 is 0 Å². The molecular formula is C7H9N3. The zero-order valence-corrected chi connectivity index (χ0v) is 5.86. The highest BCUT2D eigenvalue weighted by Crippen LogP contribution is 2.11. The molecule has 0 aliphatic rings. The van der Waals surface area contributed by atoms with Crippen molar-refractivity contribution in [3.05, 3.63) is 24.3 Å². The zero-order chi connectivity index (χ0) is 7.40. The SMILES string of the molecule is C=NC(C)c1cncnc1. The maximum Gasteiger partial charge on any atom is 0.115 e. The number of hydrogen-bond donors (Lipinski definition) is 0. The summed E-state index contributed by atoms with van der Waals surface area (Å²) in [6.07, 6.45) is 4.98. The molecule has 1 aromatic heterocycles. The van der Waals surface area contributed by atoms with Crippen LogP contribution in [-0.2, 0) is 0 Å². The van der Waals surface area contributed by atoms with Crippen molar-refractivity contribution >= 4 is 6.72 Å². The lowest BCUT2D eigenvalue weighted by Gasteiger charge is -2.01. The highest BCUT2D eigenvalue weighted by molar-refractivity contribution is 5.26. The number of aliphatic imine (C=N–C) groups is 1. The molecule has 3 nitrogen and oxygen atoms in total. The maximum atomic E-state index is 3.85. The molecule has 0 bridgehead atoms. The molecule has 1 unspecified atom stereocenters. The van der Waals surface area contributed by atoms with Crippen LogP contribution in [0.15, 0.2) is 23.7 Å². The number of aromatic nitrogens is 2. The maximum absolute atomic E-state index is 3.85. The van der Waals surface area contributed by atoms with E-state index in [2.05, 4.69) is 21.7 Å². The molecule has 0 fully saturated rings. The topological polar surface area (TPSA) is 38.1 Å². The van der Waals surface area contributed by atoms with E-state index in [4.69, 9.17) is 0 Å². The molecule has 1 aromatic rings. The number of nitrogens with zero attached hydrogens (tertiary/aromatic N) is 3. The first-order valence-electron chi connectivity index (χ1n) is 3.05. The molecular weight excluding hydrogens is 126 g/mol. The lowest BCUT2D eigenvalue weighted by Crippen LogP contribution is -1.90. The van der Waals surface area contributed by atoms with Crippen molar-refractivity contribution < 1.29 is 0 Å². The van der Waals surface area contributed by atoms with Crippen molar-refractivity contribution in [3.8, 4) is 0 Å². The molecule has 0 saturated carbocycles. The van der Waals surface area contributed by atoms with Gasteiger partial charge in [0.15, 0.2) is 0 Å². The van der Waals surface area contributed by atoms with E-state index in [1.54, 1.807) is 12.4 Å². The van der Waals surface area contributed by atoms with Gasteiger partial charge in [-0.2, -0.15) is 0 Å². The Morgan fingerprint density at radius 2 is 2.10 bits per heavy atom. The minimum atomic E-state index is 0.0983. The van der Waals surface area contributed by atoms with Crippen LogP contribution in [0.2, 0.25) is 0 Å². The smallest absolute Gasteiger partial charge is 0.115 e. The standard InChI is InChI=1S/C7H9N3/c1-6(8-2)7-3-9-5-10-4-7/h3-6H,2H2,1H3. The van der Waals surface area contributed by atoms with Crippen molar-refractivity contribution in [2.45, 2.75) is 13.0 Å². The fourth-order valence-corrected chi connectivity index (χ4v) is 0.632. The van der Waals surface area contributed by atoms with Crippen LogP contribution in [0.1, 0.15) is 18.5 Å². The summed E-state index contributed by atoms with van der Waals surface area (Å²) in [5.41, 5.74) is 0.998. The summed E-state index contributed by atoms with van der Waals surface area (Å²) in [6, 6.07) is 0.0983. The van der Waals surface area contributed by atoms with Crippen molar-refractivity contribution in [2.24, 2.45) is 4.99 Å². The Balaban J connectivity index is 2.84. The minimum absolute atomic E-state index is 0.0983. The molecule has 3 heteroatoms. The highest BCUT2D eigenvalue weighted by atomic mass is 14.8. The first-order chi connectivity index (χ1) is 4.84. The summed E-state index contributed by atoms with van der Waals surface area (Å²) >= 11 is 0. The van der Waals surface area contributed by atoms with Gasteiger partial charge in [-0.15, -0.1) is 0 Å². The van der Waals surface area contributed by atoms with Crippen LogP contribution in [0.5, 0.6) is 0 Å². The Morgan fingerprint density at radius 1 is 1.50 bits per heavy atom. The van der Waals surface area contributed by atoms with Gasteiger partial charge in [-0.1, -0.05) is 0 Å². The minimum Gasteiger partial charge on any atom is -0.293 e. The van der Waals surface area contributed by atoms with Crippen LogP contribution in [0.3, 0.4) is 0 Å². The normalized spacial score (nSPS) is 12.5. The molecule has 0 aromatic carbocycles. The van der Waals surface area contributed by atoms with Crippen molar-refractivity contribution in [1.29, 1.82) is 0 Å². The molecule has 0 aliphatic carbocycles. The molecule has 0 aliphatic heterocycles. The summed E-state index contributed by atoms with van der Waals surface area (Å²) in [5, 5.41) is 0. The molecule has 0 N–H and O–H groups in total. The van der Waals surface area contributed by atoms with E-state index in [0.717, 1.165) is 5.56 Å². The summed E-state index contributed by atoms with van der Waals surface area (Å²) in [6.45, 7) is 5.38. The van der Waals surface area contributed by atoms with Crippen LogP contribution in [-0.4, -0.2) is 16.7 Å². The molecule has 0 saturated heterocycles. The van der Waals surface area contributed by atoms with Crippen molar-refractivity contribution in [2.75, 3.05) is 0 Å². The molecule has 52 valence electrons. The van der Waals surface area contributed by atoms with Gasteiger partial charge in [0.25, 0.3) is 0 Å². The Bertz CT molecular complexity index is 207. The Morgan fingerprint density at radius 3 is 2.60 bits per heavy atom. The second-order valence-electron chi connectivity index (χ2n) is 2.03. The Kier molecular flexibility index (Phi) is 2.10. The Hall–Kier alpha value is -1.25. The zero-order valence-electron chi connectivity index (χ0n) is 5.86. The van der Waals surface area contributed by atoms with Gasteiger partial charge in [0.1, 0.15) is 6.33 Å². The first-order valence-corrected chi connectivity index (χ1v) is 3.05. The predicted molar refractivity (Wildman–Crippen MR) is 40.0 cm³/mol. The fraction of sp³-hybridized carbons (Fsp3) is 0.286. The largest absolute Gasteiger partial charge is 0.293 e. The van der Waals surface area contributed by atoms with E-state index in [0.29, 0.717) is 0 Å². The second-order valence-corrected chi connectivity index (χ2v) is 2.03. The van der Waals surface area contributed by atoms with E-state index < -0.39 is 0 Å². The van der Waals surface area contributed by atoms with Gasteiger partial charge >= 0.3 is 0 Å². The van der Waals surface area contributed by atoms with Gasteiger partial charge in [0.05, 0.1) is 6.04 Å². The van der Waals surface area contributed by atoms with Gasteiger partial charge in [0, 0.05) is 18.0 Å². The second kappa shape index (κ2) is 3.06. The monoisotopic (exact) mass is 135 g/mol. The quantitative estimate of drug-likeness (QED) is 0.572. The average Bonchev–Trinajstić information content (AvgIpc) is 2.05. The lowest BCUT2D eigenvalue weighted by atomic mass is 10.2. The number of rotatable bonds is 2. The highest BCUT2D eigenvalue weighted by Gasteiger charge is 1.99. The average molecular weight is 135 g/mol. The van der Waals surface area contributed by atoms with Gasteiger partial charge < -0.3 is 0 Å². The van der Waals surface area contributed by atoms with E-state index in [1.807, 2.05) is 6.92 Å². The third kappa shape index (κ3) is 1.37. The third-order valence-corrected chi connectivity index (χ3v) is 1.34. The molecule has 0 amide bonds. The summed E-state index contributed by atoms with van der Waals surface area (Å²) in [4.78, 5) is 11.5. The van der Waals surface area contributed by atoms with E-state index in [-0.39, 0.29) is 6.04 Å². The summed E-state index contributed by atoms with van der Waals surface area (Å²) < 4.78 is 0. The van der Waals surface area contributed by atoms with Gasteiger partial charge in [-0.05, 0) is 13.6 Å². The van der Waals surface area contributed by atoms with Crippen LogP contribution in [0.25, 0.3) is 0 Å². The van der Waals surface area contributed by atoms with Crippen LogP contribution >= 0.6 is 0 Å². The van der Waals surface area contributed by atoms with Gasteiger partial charge in [0.2, 0.25) is 0 Å². The molecule has 0 spiro atoms. The Labute approximate surface area is 59.9 Å².